The van der Waals surface area contributed by atoms with E-state index in [9.17, 15) is 4.79 Å². The van der Waals surface area contributed by atoms with Gasteiger partial charge in [0.2, 0.25) is 5.91 Å². The first kappa shape index (κ1) is 16.8. The Balaban J connectivity index is 0.00000200. The molecule has 2 rings (SSSR count). The van der Waals surface area contributed by atoms with Gasteiger partial charge in [-0.2, -0.15) is 0 Å². The minimum atomic E-state index is -0.787. The summed E-state index contributed by atoms with van der Waals surface area (Å²) in [6.07, 6.45) is 1.14. The van der Waals surface area contributed by atoms with Gasteiger partial charge in [0.05, 0.1) is 12.1 Å². The summed E-state index contributed by atoms with van der Waals surface area (Å²) in [4.78, 5) is 12.0. The first-order valence-corrected chi connectivity index (χ1v) is 6.53. The van der Waals surface area contributed by atoms with E-state index >= 15 is 0 Å². The first-order valence-electron chi connectivity index (χ1n) is 6.53. The molecule has 0 aliphatic carbocycles. The van der Waals surface area contributed by atoms with Gasteiger partial charge in [-0.3, -0.25) is 4.79 Å². The van der Waals surface area contributed by atoms with Gasteiger partial charge in [-0.05, 0) is 25.0 Å². The second kappa shape index (κ2) is 8.09. The Morgan fingerprint density at radius 1 is 1.30 bits per heavy atom. The van der Waals surface area contributed by atoms with Crippen LogP contribution >= 0.6 is 12.4 Å². The molecular weight excluding hydrogens is 280 g/mol. The highest BCUT2D eigenvalue weighted by atomic mass is 35.5. The minimum absolute atomic E-state index is 0. The molecule has 0 bridgehead atoms. The average Bonchev–Trinajstić information content (AvgIpc) is 2.45. The second-order valence-electron chi connectivity index (χ2n) is 4.69. The zero-order valence-corrected chi connectivity index (χ0v) is 12.2. The van der Waals surface area contributed by atoms with Gasteiger partial charge < -0.3 is 20.5 Å². The predicted octanol–water partition coefficient (Wildman–Crippen LogP) is 1.11. The van der Waals surface area contributed by atoms with Gasteiger partial charge >= 0.3 is 0 Å². The molecule has 1 amide bonds. The van der Waals surface area contributed by atoms with Gasteiger partial charge in [-0.1, -0.05) is 18.2 Å². The van der Waals surface area contributed by atoms with Crippen molar-refractivity contribution in [3.05, 3.63) is 30.3 Å². The molecule has 1 aromatic carbocycles. The van der Waals surface area contributed by atoms with Crippen LogP contribution in [0.25, 0.3) is 0 Å². The van der Waals surface area contributed by atoms with E-state index in [1.54, 1.807) is 0 Å². The molecule has 3 N–H and O–H groups in total. The molecule has 6 heteroatoms. The van der Waals surface area contributed by atoms with Crippen LogP contribution in [-0.2, 0) is 9.53 Å². The molecule has 0 aromatic heterocycles. The summed E-state index contributed by atoms with van der Waals surface area (Å²) in [5.74, 6) is 0.678. The monoisotopic (exact) mass is 300 g/mol. The zero-order valence-electron chi connectivity index (χ0n) is 11.3. The quantitative estimate of drug-likeness (QED) is 0.799. The lowest BCUT2D eigenvalue weighted by molar-refractivity contribution is -0.129. The number of rotatable bonds is 5. The van der Waals surface area contributed by atoms with Crippen molar-refractivity contribution in [3.63, 3.8) is 0 Å². The molecule has 0 unspecified atom stereocenters. The fourth-order valence-corrected chi connectivity index (χ4v) is 1.99. The van der Waals surface area contributed by atoms with Crippen molar-refractivity contribution in [2.75, 3.05) is 26.4 Å². The smallest absolute Gasteiger partial charge is 0.240 e. The van der Waals surface area contributed by atoms with Crippen molar-refractivity contribution in [3.8, 4) is 5.75 Å². The molecular formula is C14H21ClN2O3. The standard InChI is InChI=1S/C14H20N2O3.ClH/c15-14(6-9-18-10-7-14)13(17)16-8-11-19-12-4-2-1-3-5-12;/h1-5H,6-11,15H2,(H,16,17);1H. The predicted molar refractivity (Wildman–Crippen MR) is 79.2 cm³/mol. The third-order valence-corrected chi connectivity index (χ3v) is 3.24. The summed E-state index contributed by atoms with van der Waals surface area (Å²) in [6.45, 7) is 1.98. The molecule has 0 atom stereocenters. The Bertz CT molecular complexity index is 408. The van der Waals surface area contributed by atoms with Crippen LogP contribution in [-0.4, -0.2) is 37.8 Å². The van der Waals surface area contributed by atoms with Crippen LogP contribution < -0.4 is 15.8 Å². The third kappa shape index (κ3) is 4.67. The number of ether oxygens (including phenoxy) is 2. The van der Waals surface area contributed by atoms with E-state index in [1.165, 1.54) is 0 Å². The van der Waals surface area contributed by atoms with Crippen LogP contribution in [0.5, 0.6) is 5.75 Å². The lowest BCUT2D eigenvalue weighted by Gasteiger charge is -2.31. The Hall–Kier alpha value is -1.30. The van der Waals surface area contributed by atoms with E-state index < -0.39 is 5.54 Å². The molecule has 0 saturated carbocycles. The highest BCUT2D eigenvalue weighted by Crippen LogP contribution is 2.17. The molecule has 20 heavy (non-hydrogen) atoms. The molecule has 0 spiro atoms. The maximum Gasteiger partial charge on any atom is 0.240 e. The van der Waals surface area contributed by atoms with Crippen LogP contribution in [0.4, 0.5) is 0 Å². The van der Waals surface area contributed by atoms with Gasteiger partial charge in [-0.15, -0.1) is 12.4 Å². The Kier molecular flexibility index (Phi) is 6.78. The fraction of sp³-hybridized carbons (Fsp3) is 0.500. The number of carbonyl (C=O) groups is 1. The van der Waals surface area contributed by atoms with Gasteiger partial charge in [0.15, 0.2) is 0 Å². The van der Waals surface area contributed by atoms with Crippen LogP contribution in [0.1, 0.15) is 12.8 Å². The average molecular weight is 301 g/mol. The van der Waals surface area contributed by atoms with Crippen molar-refractivity contribution >= 4 is 18.3 Å². The fourth-order valence-electron chi connectivity index (χ4n) is 1.99. The minimum Gasteiger partial charge on any atom is -0.492 e. The highest BCUT2D eigenvalue weighted by Gasteiger charge is 2.35. The van der Waals surface area contributed by atoms with E-state index in [4.69, 9.17) is 15.2 Å². The SMILES string of the molecule is Cl.NC1(C(=O)NCCOc2ccccc2)CCOCC1. The van der Waals surface area contributed by atoms with E-state index in [0.717, 1.165) is 5.75 Å². The summed E-state index contributed by atoms with van der Waals surface area (Å²) in [5, 5.41) is 2.82. The molecule has 1 aliphatic heterocycles. The van der Waals surface area contributed by atoms with Gasteiger partial charge in [0, 0.05) is 13.2 Å². The number of nitrogens with one attached hydrogen (secondary N) is 1. The maximum atomic E-state index is 12.0. The molecule has 1 fully saturated rings. The van der Waals surface area contributed by atoms with Crippen molar-refractivity contribution < 1.29 is 14.3 Å². The van der Waals surface area contributed by atoms with E-state index in [1.807, 2.05) is 30.3 Å². The molecule has 1 heterocycles. The number of halogens is 1. The normalized spacial score (nSPS) is 16.9. The van der Waals surface area contributed by atoms with Crippen molar-refractivity contribution in [1.82, 2.24) is 5.32 Å². The highest BCUT2D eigenvalue weighted by molar-refractivity contribution is 5.86. The van der Waals surface area contributed by atoms with E-state index in [-0.39, 0.29) is 18.3 Å². The number of benzene rings is 1. The summed E-state index contributed by atoms with van der Waals surface area (Å²) in [7, 11) is 0. The molecule has 1 saturated heterocycles. The molecule has 1 aliphatic rings. The number of hydrogen-bond donors (Lipinski definition) is 2. The Labute approximate surface area is 125 Å². The van der Waals surface area contributed by atoms with Gasteiger partial charge in [-0.25, -0.2) is 0 Å². The number of carbonyl (C=O) groups excluding carboxylic acids is 1. The number of hydrogen-bond acceptors (Lipinski definition) is 4. The summed E-state index contributed by atoms with van der Waals surface area (Å²) in [6, 6.07) is 9.50. The van der Waals surface area contributed by atoms with Crippen molar-refractivity contribution in [2.24, 2.45) is 5.73 Å². The summed E-state index contributed by atoms with van der Waals surface area (Å²) >= 11 is 0. The number of amides is 1. The lowest BCUT2D eigenvalue weighted by Crippen LogP contribution is -2.57. The van der Waals surface area contributed by atoms with Crippen LogP contribution in [0.3, 0.4) is 0 Å². The topological polar surface area (TPSA) is 73.6 Å². The van der Waals surface area contributed by atoms with Crippen LogP contribution in [0.2, 0.25) is 0 Å². The van der Waals surface area contributed by atoms with Crippen LogP contribution in [0.15, 0.2) is 30.3 Å². The largest absolute Gasteiger partial charge is 0.492 e. The third-order valence-electron chi connectivity index (χ3n) is 3.24. The lowest BCUT2D eigenvalue weighted by atomic mass is 9.90. The maximum absolute atomic E-state index is 12.0. The summed E-state index contributed by atoms with van der Waals surface area (Å²) < 4.78 is 10.7. The molecule has 112 valence electrons. The Morgan fingerprint density at radius 3 is 2.60 bits per heavy atom. The second-order valence-corrected chi connectivity index (χ2v) is 4.69. The van der Waals surface area contributed by atoms with E-state index in [2.05, 4.69) is 5.32 Å². The van der Waals surface area contributed by atoms with Crippen molar-refractivity contribution in [1.29, 1.82) is 0 Å². The molecule has 5 nitrogen and oxygen atoms in total. The Morgan fingerprint density at radius 2 is 1.95 bits per heavy atom. The number of nitrogens with two attached hydrogens (primary N) is 1. The van der Waals surface area contributed by atoms with Crippen LogP contribution in [0, 0.1) is 0 Å². The van der Waals surface area contributed by atoms with Gasteiger partial charge in [0.1, 0.15) is 12.4 Å². The van der Waals surface area contributed by atoms with Crippen molar-refractivity contribution in [2.45, 2.75) is 18.4 Å². The molecule has 0 radical (unpaired) electrons. The van der Waals surface area contributed by atoms with E-state index in [0.29, 0.717) is 39.2 Å². The zero-order chi connectivity index (χ0) is 13.6. The summed E-state index contributed by atoms with van der Waals surface area (Å²) in [5.41, 5.74) is 5.28. The number of para-hydroxylation sites is 1. The van der Waals surface area contributed by atoms with Gasteiger partial charge in [0.25, 0.3) is 0 Å². The molecule has 1 aromatic rings. The first-order chi connectivity index (χ1) is 9.21.